The highest BCUT2D eigenvalue weighted by Gasteiger charge is 2.48. The van der Waals surface area contributed by atoms with E-state index in [0.29, 0.717) is 12.1 Å². The van der Waals surface area contributed by atoms with Gasteiger partial charge < -0.3 is 10.1 Å². The first-order valence-corrected chi connectivity index (χ1v) is 10.3. The Bertz CT molecular complexity index is 792. The van der Waals surface area contributed by atoms with E-state index < -0.39 is 5.82 Å². The quantitative estimate of drug-likeness (QED) is 0.717. The molecule has 0 amide bonds. The number of benzene rings is 1. The van der Waals surface area contributed by atoms with Crippen LogP contribution < -0.4 is 5.32 Å². The van der Waals surface area contributed by atoms with Gasteiger partial charge in [-0.15, -0.1) is 0 Å². The summed E-state index contributed by atoms with van der Waals surface area (Å²) in [5.74, 6) is -0.778. The Morgan fingerprint density at radius 3 is 2.71 bits per heavy atom. The fourth-order valence-electron chi connectivity index (χ4n) is 5.03. The molecule has 1 aromatic carbocycles. The zero-order valence-corrected chi connectivity index (χ0v) is 16.2. The fraction of sp³-hybridized carbons (Fsp3) is 0.522. The van der Waals surface area contributed by atoms with Crippen molar-refractivity contribution >= 4 is 0 Å². The smallest absolute Gasteiger partial charge is 0.127 e. The van der Waals surface area contributed by atoms with Crippen molar-refractivity contribution in [2.75, 3.05) is 13.2 Å². The summed E-state index contributed by atoms with van der Waals surface area (Å²) < 4.78 is 33.5. The lowest BCUT2D eigenvalue weighted by molar-refractivity contribution is -0.104. The van der Waals surface area contributed by atoms with E-state index in [-0.39, 0.29) is 16.8 Å². The van der Waals surface area contributed by atoms with Crippen molar-refractivity contribution in [2.45, 2.75) is 62.5 Å². The van der Waals surface area contributed by atoms with Crippen molar-refractivity contribution in [3.05, 3.63) is 65.5 Å². The highest BCUT2D eigenvalue weighted by atomic mass is 19.1. The topological polar surface area (TPSA) is 34.2 Å². The van der Waals surface area contributed by atoms with E-state index in [4.69, 9.17) is 9.72 Å². The number of halogens is 2. The lowest BCUT2D eigenvalue weighted by atomic mass is 9.68. The number of rotatable bonds is 6. The number of nitrogens with one attached hydrogen (secondary N) is 1. The molecule has 3 nitrogen and oxygen atoms in total. The van der Waals surface area contributed by atoms with Crippen LogP contribution in [0.25, 0.3) is 0 Å². The van der Waals surface area contributed by atoms with Crippen molar-refractivity contribution in [2.24, 2.45) is 0 Å². The molecule has 150 valence electrons. The second kappa shape index (κ2) is 8.26. The van der Waals surface area contributed by atoms with E-state index in [1.54, 1.807) is 0 Å². The van der Waals surface area contributed by atoms with Gasteiger partial charge in [-0.2, -0.15) is 0 Å². The maximum Gasteiger partial charge on any atom is 0.127 e. The summed E-state index contributed by atoms with van der Waals surface area (Å²) in [6.45, 7) is 1.81. The van der Waals surface area contributed by atoms with Gasteiger partial charge in [0.1, 0.15) is 11.6 Å². The molecule has 2 aromatic rings. The van der Waals surface area contributed by atoms with Gasteiger partial charge in [-0.1, -0.05) is 18.9 Å². The van der Waals surface area contributed by atoms with Crippen LogP contribution in [-0.2, 0) is 16.7 Å². The minimum absolute atomic E-state index is 0.00949. The summed E-state index contributed by atoms with van der Waals surface area (Å²) in [6.07, 6.45) is 9.43. The lowest BCUT2D eigenvalue weighted by Gasteiger charge is -2.46. The predicted octanol–water partition coefficient (Wildman–Crippen LogP) is 4.90. The maximum atomic E-state index is 13.9. The third-order valence-corrected chi connectivity index (χ3v) is 6.48. The lowest BCUT2D eigenvalue weighted by Crippen LogP contribution is -2.47. The molecular formula is C23H28F2N2O. The van der Waals surface area contributed by atoms with Gasteiger partial charge in [0.2, 0.25) is 0 Å². The molecule has 1 aromatic heterocycles. The zero-order valence-electron chi connectivity index (χ0n) is 16.2. The first kappa shape index (κ1) is 19.5. The molecule has 1 saturated heterocycles. The van der Waals surface area contributed by atoms with Crippen LogP contribution in [0.3, 0.4) is 0 Å². The van der Waals surface area contributed by atoms with Crippen molar-refractivity contribution in [3.63, 3.8) is 0 Å². The van der Waals surface area contributed by atoms with E-state index in [0.717, 1.165) is 57.0 Å². The van der Waals surface area contributed by atoms with Crippen LogP contribution in [0.15, 0.2) is 42.6 Å². The fourth-order valence-corrected chi connectivity index (χ4v) is 5.03. The third-order valence-electron chi connectivity index (χ3n) is 6.48. The highest BCUT2D eigenvalue weighted by Crippen LogP contribution is 2.49. The zero-order chi connectivity index (χ0) is 19.5. The summed E-state index contributed by atoms with van der Waals surface area (Å²) in [5, 5.41) is 3.32. The number of hydrogen-bond acceptors (Lipinski definition) is 3. The molecule has 4 rings (SSSR count). The molecule has 1 spiro atoms. The minimum atomic E-state index is -0.407. The molecule has 28 heavy (non-hydrogen) atoms. The number of ether oxygens (including phenoxy) is 1. The summed E-state index contributed by atoms with van der Waals surface area (Å²) in [5.41, 5.74) is 1.45. The first-order chi connectivity index (χ1) is 13.6. The van der Waals surface area contributed by atoms with Gasteiger partial charge in [0.05, 0.1) is 5.60 Å². The van der Waals surface area contributed by atoms with Crippen molar-refractivity contribution in [1.82, 2.24) is 10.3 Å². The Morgan fingerprint density at radius 1 is 1.07 bits per heavy atom. The van der Waals surface area contributed by atoms with Gasteiger partial charge in [-0.3, -0.25) is 4.98 Å². The van der Waals surface area contributed by atoms with Crippen molar-refractivity contribution in [3.8, 4) is 0 Å². The molecule has 2 fully saturated rings. The van der Waals surface area contributed by atoms with Gasteiger partial charge in [0.15, 0.2) is 0 Å². The van der Waals surface area contributed by atoms with Crippen LogP contribution in [0.1, 0.15) is 56.2 Å². The van der Waals surface area contributed by atoms with Gasteiger partial charge >= 0.3 is 0 Å². The van der Waals surface area contributed by atoms with Crippen LogP contribution in [-0.4, -0.2) is 23.7 Å². The van der Waals surface area contributed by atoms with E-state index in [1.807, 2.05) is 12.3 Å². The molecule has 0 bridgehead atoms. The third kappa shape index (κ3) is 4.11. The molecule has 2 aliphatic rings. The Labute approximate surface area is 165 Å². The van der Waals surface area contributed by atoms with Crippen molar-refractivity contribution < 1.29 is 13.5 Å². The molecule has 1 N–H and O–H groups in total. The minimum Gasteiger partial charge on any atom is -0.375 e. The van der Waals surface area contributed by atoms with Gasteiger partial charge in [0.25, 0.3) is 0 Å². The van der Waals surface area contributed by atoms with E-state index in [2.05, 4.69) is 17.4 Å². The van der Waals surface area contributed by atoms with Gasteiger partial charge in [-0.05, 0) is 69.0 Å². The molecule has 5 heteroatoms. The Hall–Kier alpha value is -1.85. The largest absolute Gasteiger partial charge is 0.375 e. The van der Waals surface area contributed by atoms with E-state index >= 15 is 0 Å². The summed E-state index contributed by atoms with van der Waals surface area (Å²) in [7, 11) is 0. The first-order valence-electron chi connectivity index (χ1n) is 10.3. The molecule has 0 unspecified atom stereocenters. The molecule has 1 atom stereocenters. The predicted molar refractivity (Wildman–Crippen MR) is 105 cm³/mol. The molecule has 2 heterocycles. The van der Waals surface area contributed by atoms with Crippen LogP contribution in [0, 0.1) is 11.6 Å². The van der Waals surface area contributed by atoms with Gasteiger partial charge in [-0.25, -0.2) is 8.78 Å². The second-order valence-corrected chi connectivity index (χ2v) is 8.32. The highest BCUT2D eigenvalue weighted by molar-refractivity contribution is 5.21. The normalized spacial score (nSPS) is 23.9. The van der Waals surface area contributed by atoms with Gasteiger partial charge in [0, 0.05) is 36.0 Å². The average Bonchev–Trinajstić information content (AvgIpc) is 3.16. The number of aromatic nitrogens is 1. The van der Waals surface area contributed by atoms with E-state index in [9.17, 15) is 8.78 Å². The molecule has 0 radical (unpaired) electrons. The van der Waals surface area contributed by atoms with Crippen LogP contribution >= 0.6 is 0 Å². The monoisotopic (exact) mass is 386 g/mol. The molecular weight excluding hydrogens is 358 g/mol. The number of pyridine rings is 1. The molecule has 1 saturated carbocycles. The average molecular weight is 386 g/mol. The van der Waals surface area contributed by atoms with Crippen molar-refractivity contribution in [1.29, 1.82) is 0 Å². The standard InChI is InChI=1S/C23H28F2N2O/c24-19-6-7-20(25)18(15-19)16-26-13-10-22(21-5-1-4-12-27-21)11-14-28-23(17-22)8-2-3-9-23/h1,4-7,12,15,26H,2-3,8-11,13-14,16-17H2/t22-/m1/s1. The van der Waals surface area contributed by atoms with E-state index in [1.165, 1.54) is 25.0 Å². The van der Waals surface area contributed by atoms with Crippen LogP contribution in [0.2, 0.25) is 0 Å². The second-order valence-electron chi connectivity index (χ2n) is 8.32. The summed E-state index contributed by atoms with van der Waals surface area (Å²) in [4.78, 5) is 4.70. The SMILES string of the molecule is Fc1ccc(F)c(CNCC[C@@]2(c3ccccn3)CCOC3(CCCC3)C2)c1. The summed E-state index contributed by atoms with van der Waals surface area (Å²) >= 11 is 0. The molecule has 1 aliphatic heterocycles. The Kier molecular flexibility index (Phi) is 5.74. The molecule has 1 aliphatic carbocycles. The number of nitrogens with zero attached hydrogens (tertiary/aromatic N) is 1. The maximum absolute atomic E-state index is 13.9. The Balaban J connectivity index is 1.46. The number of hydrogen-bond donors (Lipinski definition) is 1. The Morgan fingerprint density at radius 2 is 1.93 bits per heavy atom. The van der Waals surface area contributed by atoms with Crippen LogP contribution in [0.5, 0.6) is 0 Å². The summed E-state index contributed by atoms with van der Waals surface area (Å²) in [6, 6.07) is 9.73. The van der Waals surface area contributed by atoms with Crippen LogP contribution in [0.4, 0.5) is 8.78 Å².